The van der Waals surface area contributed by atoms with Gasteiger partial charge in [-0.2, -0.15) is 0 Å². The van der Waals surface area contributed by atoms with E-state index in [1.54, 1.807) is 48.0 Å². The van der Waals surface area contributed by atoms with Crippen LogP contribution in [-0.2, 0) is 20.8 Å². The molecule has 1 aliphatic rings. The zero-order valence-corrected chi connectivity index (χ0v) is 24.7. The molecule has 0 saturated carbocycles. The summed E-state index contributed by atoms with van der Waals surface area (Å²) >= 11 is 7.28. The van der Waals surface area contributed by atoms with Crippen LogP contribution in [0.1, 0.15) is 47.8 Å². The second kappa shape index (κ2) is 15.5. The SMILES string of the molecule is COc1ccc2cc1OCC(=O)N[C@@H](C)C(=O)N(C)CCCCN(C(=O)c1ccc(Cl)s1)CCCNC(=O)CC2. The lowest BCUT2D eigenvalue weighted by Gasteiger charge is -2.24. The lowest BCUT2D eigenvalue weighted by Crippen LogP contribution is -2.47. The van der Waals surface area contributed by atoms with E-state index in [4.69, 9.17) is 21.1 Å². The number of ether oxygens (including phenoxy) is 2. The molecule has 4 amide bonds. The molecule has 10 nitrogen and oxygen atoms in total. The fourth-order valence-electron chi connectivity index (χ4n) is 4.31. The molecule has 2 N–H and O–H groups in total. The Hall–Kier alpha value is -3.31. The molecule has 0 radical (unpaired) electrons. The Morgan fingerprint density at radius 1 is 1.05 bits per heavy atom. The number of aryl methyl sites for hydroxylation is 1. The third-order valence-corrected chi connectivity index (χ3v) is 7.74. The number of hydrogen-bond acceptors (Lipinski definition) is 7. The quantitative estimate of drug-likeness (QED) is 0.553. The van der Waals surface area contributed by atoms with E-state index in [1.807, 2.05) is 6.07 Å². The van der Waals surface area contributed by atoms with E-state index in [1.165, 1.54) is 18.4 Å². The van der Waals surface area contributed by atoms with Crippen molar-refractivity contribution in [2.45, 2.75) is 45.1 Å². The molecule has 2 aromatic rings. The molecule has 0 aliphatic carbocycles. The Labute approximate surface area is 243 Å². The average molecular weight is 593 g/mol. The van der Waals surface area contributed by atoms with Gasteiger partial charge in [-0.05, 0) is 62.4 Å². The molecule has 0 saturated heterocycles. The van der Waals surface area contributed by atoms with Crippen LogP contribution in [-0.4, -0.2) is 86.4 Å². The minimum Gasteiger partial charge on any atom is -0.493 e. The molecule has 0 unspecified atom stereocenters. The Morgan fingerprint density at radius 2 is 1.80 bits per heavy atom. The highest BCUT2D eigenvalue weighted by Crippen LogP contribution is 2.28. The molecule has 218 valence electrons. The van der Waals surface area contributed by atoms with Crippen molar-refractivity contribution in [1.82, 2.24) is 20.4 Å². The molecule has 1 aromatic heterocycles. The van der Waals surface area contributed by atoms with Gasteiger partial charge in [-0.3, -0.25) is 19.2 Å². The molecule has 0 fully saturated rings. The molecule has 2 bridgehead atoms. The molecule has 40 heavy (non-hydrogen) atoms. The van der Waals surface area contributed by atoms with Crippen molar-refractivity contribution in [2.24, 2.45) is 0 Å². The summed E-state index contributed by atoms with van der Waals surface area (Å²) < 4.78 is 11.6. The summed E-state index contributed by atoms with van der Waals surface area (Å²) in [6, 6.07) is 8.01. The molecule has 0 spiro atoms. The molecule has 12 heteroatoms. The summed E-state index contributed by atoms with van der Waals surface area (Å²) in [5, 5.41) is 5.61. The van der Waals surface area contributed by atoms with Crippen molar-refractivity contribution in [1.29, 1.82) is 0 Å². The predicted octanol–water partition coefficient (Wildman–Crippen LogP) is 3.13. The topological polar surface area (TPSA) is 117 Å². The second-order valence-electron chi connectivity index (χ2n) is 9.63. The molecule has 3 rings (SSSR count). The van der Waals surface area contributed by atoms with Crippen LogP contribution in [0.3, 0.4) is 0 Å². The van der Waals surface area contributed by atoms with Gasteiger partial charge in [0, 0.05) is 39.6 Å². The minimum atomic E-state index is -0.729. The first-order chi connectivity index (χ1) is 19.2. The molecule has 1 aliphatic heterocycles. The first-order valence-electron chi connectivity index (χ1n) is 13.3. The summed E-state index contributed by atoms with van der Waals surface area (Å²) in [5.41, 5.74) is 0.852. The van der Waals surface area contributed by atoms with E-state index in [9.17, 15) is 19.2 Å². The van der Waals surface area contributed by atoms with E-state index >= 15 is 0 Å². The second-order valence-corrected chi connectivity index (χ2v) is 11.3. The van der Waals surface area contributed by atoms with Gasteiger partial charge in [0.05, 0.1) is 16.3 Å². The lowest BCUT2D eigenvalue weighted by atomic mass is 10.1. The number of likely N-dealkylation sites (N-methyl/N-ethyl adjacent to an activating group) is 1. The molecule has 1 atom stereocenters. The fourth-order valence-corrected chi connectivity index (χ4v) is 5.32. The number of carbonyl (C=O) groups is 4. The summed E-state index contributed by atoms with van der Waals surface area (Å²) in [6.45, 7) is 3.24. The predicted molar refractivity (Wildman–Crippen MR) is 154 cm³/mol. The van der Waals surface area contributed by atoms with Crippen LogP contribution >= 0.6 is 22.9 Å². The van der Waals surface area contributed by atoms with Gasteiger partial charge in [-0.15, -0.1) is 11.3 Å². The Bertz CT molecular complexity index is 1190. The number of methoxy groups -OCH3 is 1. The normalized spacial score (nSPS) is 19.0. The van der Waals surface area contributed by atoms with Crippen molar-refractivity contribution >= 4 is 46.6 Å². The summed E-state index contributed by atoms with van der Waals surface area (Å²) in [6.07, 6.45) is 2.71. The molecular formula is C28H37ClN4O6S. The summed E-state index contributed by atoms with van der Waals surface area (Å²) in [4.78, 5) is 54.8. The van der Waals surface area contributed by atoms with E-state index in [0.717, 1.165) is 5.56 Å². The number of nitrogens with zero attached hydrogens (tertiary/aromatic N) is 2. The highest BCUT2D eigenvalue weighted by molar-refractivity contribution is 7.17. The number of thiophene rings is 1. The Kier molecular flexibility index (Phi) is 12.1. The fraction of sp³-hybridized carbons (Fsp3) is 0.500. The van der Waals surface area contributed by atoms with Gasteiger partial charge in [0.1, 0.15) is 6.04 Å². The van der Waals surface area contributed by atoms with Gasteiger partial charge in [-0.1, -0.05) is 17.7 Å². The average Bonchev–Trinajstić information content (AvgIpc) is 3.38. The third kappa shape index (κ3) is 9.41. The van der Waals surface area contributed by atoms with Gasteiger partial charge in [-0.25, -0.2) is 0 Å². The van der Waals surface area contributed by atoms with Gasteiger partial charge in [0.25, 0.3) is 11.8 Å². The van der Waals surface area contributed by atoms with Crippen LogP contribution in [0.15, 0.2) is 30.3 Å². The number of benzene rings is 1. The van der Waals surface area contributed by atoms with E-state index in [0.29, 0.717) is 72.6 Å². The lowest BCUT2D eigenvalue weighted by molar-refractivity contribution is -0.135. The largest absolute Gasteiger partial charge is 0.493 e. The minimum absolute atomic E-state index is 0.0931. The van der Waals surface area contributed by atoms with Gasteiger partial charge < -0.3 is 29.9 Å². The molecule has 2 heterocycles. The van der Waals surface area contributed by atoms with Crippen LogP contribution < -0.4 is 20.1 Å². The van der Waals surface area contributed by atoms with E-state index < -0.39 is 11.9 Å². The van der Waals surface area contributed by atoms with Gasteiger partial charge >= 0.3 is 0 Å². The first-order valence-corrected chi connectivity index (χ1v) is 14.5. The molecular weight excluding hydrogens is 556 g/mol. The van der Waals surface area contributed by atoms with Crippen LogP contribution in [0.25, 0.3) is 0 Å². The first kappa shape index (κ1) is 31.2. The standard InChI is InChI=1S/C28H37ClN4O6S/c1-19-27(36)32(2)14-4-5-15-33(28(37)23-10-11-24(29)40-23)16-6-13-30-25(34)12-8-20-7-9-21(38-3)22(17-20)39-18-26(35)31-19/h7,9-11,17,19H,4-6,8,12-16,18H2,1-3H3,(H,30,34)(H,31,35)/t19-/m0/s1. The maximum Gasteiger partial charge on any atom is 0.263 e. The van der Waals surface area contributed by atoms with Crippen LogP contribution in [0.4, 0.5) is 0 Å². The van der Waals surface area contributed by atoms with Gasteiger partial charge in [0.15, 0.2) is 18.1 Å². The van der Waals surface area contributed by atoms with E-state index in [2.05, 4.69) is 10.6 Å². The van der Waals surface area contributed by atoms with Crippen molar-refractivity contribution < 1.29 is 28.7 Å². The smallest absolute Gasteiger partial charge is 0.263 e. The van der Waals surface area contributed by atoms with Crippen molar-refractivity contribution in [3.63, 3.8) is 0 Å². The maximum absolute atomic E-state index is 13.1. The summed E-state index contributed by atoms with van der Waals surface area (Å²) in [5.74, 6) is -0.00718. The number of amides is 4. The van der Waals surface area contributed by atoms with Gasteiger partial charge in [0.2, 0.25) is 11.8 Å². The zero-order chi connectivity index (χ0) is 29.1. The third-order valence-electron chi connectivity index (χ3n) is 6.52. The molecule has 1 aromatic carbocycles. The number of halogens is 1. The number of fused-ring (bicyclic) bond motifs is 2. The van der Waals surface area contributed by atoms with Crippen molar-refractivity contribution in [3.05, 3.63) is 45.1 Å². The number of rotatable bonds is 2. The number of nitrogens with one attached hydrogen (secondary N) is 2. The van der Waals surface area contributed by atoms with Crippen LogP contribution in [0.2, 0.25) is 4.34 Å². The monoisotopic (exact) mass is 592 g/mol. The van der Waals surface area contributed by atoms with Crippen LogP contribution in [0.5, 0.6) is 11.5 Å². The zero-order valence-electron chi connectivity index (χ0n) is 23.2. The Balaban J connectivity index is 1.71. The number of hydrogen-bond donors (Lipinski definition) is 2. The highest BCUT2D eigenvalue weighted by atomic mass is 35.5. The van der Waals surface area contributed by atoms with Crippen molar-refractivity contribution in [3.8, 4) is 11.5 Å². The van der Waals surface area contributed by atoms with Crippen molar-refractivity contribution in [2.75, 3.05) is 46.9 Å². The Morgan fingerprint density at radius 3 is 2.52 bits per heavy atom. The number of carbonyl (C=O) groups excluding carboxylic acids is 4. The highest BCUT2D eigenvalue weighted by Gasteiger charge is 2.21. The van der Waals surface area contributed by atoms with E-state index in [-0.39, 0.29) is 30.7 Å². The maximum atomic E-state index is 13.1. The summed E-state index contributed by atoms with van der Waals surface area (Å²) in [7, 11) is 3.20. The van der Waals surface area contributed by atoms with Crippen LogP contribution in [0, 0.1) is 0 Å².